The summed E-state index contributed by atoms with van der Waals surface area (Å²) in [5.74, 6) is -2.16. The Hall–Kier alpha value is -1.65. The Labute approximate surface area is 107 Å². The van der Waals surface area contributed by atoms with Gasteiger partial charge in [0.25, 0.3) is 0 Å². The van der Waals surface area contributed by atoms with Gasteiger partial charge in [0.15, 0.2) is 11.6 Å². The van der Waals surface area contributed by atoms with Crippen LogP contribution >= 0.6 is 0 Å². The van der Waals surface area contributed by atoms with Crippen molar-refractivity contribution < 1.29 is 19.1 Å². The molecular weight excluding hydrogens is 234 g/mol. The molecule has 0 aromatic rings. The molecule has 0 amide bonds. The van der Waals surface area contributed by atoms with E-state index >= 15 is 0 Å². The Morgan fingerprint density at radius 2 is 1.94 bits per heavy atom. The Bertz CT molecular complexity index is 421. The number of hydrogen-bond donors (Lipinski definition) is 0. The van der Waals surface area contributed by atoms with Crippen LogP contribution in [0.5, 0.6) is 0 Å². The third-order valence-corrected chi connectivity index (χ3v) is 3.05. The van der Waals surface area contributed by atoms with E-state index in [1.54, 1.807) is 32.8 Å². The SMILES string of the molecule is COC(=O)[C@@H]1C(=O)/C(=C/N(C)C)C(=O)CC1(C)C. The summed E-state index contributed by atoms with van der Waals surface area (Å²) in [6.07, 6.45) is 1.63. The average molecular weight is 253 g/mol. The maximum atomic E-state index is 12.3. The highest BCUT2D eigenvalue weighted by molar-refractivity contribution is 6.27. The summed E-state index contributed by atoms with van der Waals surface area (Å²) in [7, 11) is 4.69. The molecule has 1 fully saturated rings. The van der Waals surface area contributed by atoms with Gasteiger partial charge in [0.05, 0.1) is 12.7 Å². The molecule has 0 spiro atoms. The van der Waals surface area contributed by atoms with Gasteiger partial charge in [-0.1, -0.05) is 13.8 Å². The molecule has 0 bridgehead atoms. The molecule has 1 saturated carbocycles. The molecule has 100 valence electrons. The fraction of sp³-hybridized carbons (Fsp3) is 0.615. The minimum atomic E-state index is -0.911. The number of esters is 1. The molecule has 0 heterocycles. The number of ether oxygens (including phenoxy) is 1. The minimum absolute atomic E-state index is 0.0784. The predicted octanol–water partition coefficient (Wildman–Crippen LogP) is 0.789. The lowest BCUT2D eigenvalue weighted by molar-refractivity contribution is -0.155. The third kappa shape index (κ3) is 2.60. The molecule has 5 nitrogen and oxygen atoms in total. The first-order chi connectivity index (χ1) is 8.20. The molecule has 0 aromatic carbocycles. The van der Waals surface area contributed by atoms with E-state index < -0.39 is 23.1 Å². The van der Waals surface area contributed by atoms with Crippen LogP contribution in [0.2, 0.25) is 0 Å². The van der Waals surface area contributed by atoms with Gasteiger partial charge in [-0.25, -0.2) is 0 Å². The van der Waals surface area contributed by atoms with Crippen LogP contribution in [0, 0.1) is 11.3 Å². The summed E-state index contributed by atoms with van der Waals surface area (Å²) in [5.41, 5.74) is -0.625. The second-order valence-electron chi connectivity index (χ2n) is 5.42. The van der Waals surface area contributed by atoms with Gasteiger partial charge in [0, 0.05) is 26.7 Å². The highest BCUT2D eigenvalue weighted by Gasteiger charge is 2.49. The Morgan fingerprint density at radius 1 is 1.39 bits per heavy atom. The summed E-state index contributed by atoms with van der Waals surface area (Å²) in [6, 6.07) is 0. The number of nitrogens with zero attached hydrogens (tertiary/aromatic N) is 1. The fourth-order valence-corrected chi connectivity index (χ4v) is 2.20. The first-order valence-electron chi connectivity index (χ1n) is 5.74. The number of carbonyl (C=O) groups is 3. The van der Waals surface area contributed by atoms with E-state index in [2.05, 4.69) is 4.74 Å². The van der Waals surface area contributed by atoms with E-state index in [4.69, 9.17) is 0 Å². The molecule has 0 N–H and O–H groups in total. The van der Waals surface area contributed by atoms with E-state index in [-0.39, 0.29) is 17.8 Å². The smallest absolute Gasteiger partial charge is 0.317 e. The monoisotopic (exact) mass is 253 g/mol. The van der Waals surface area contributed by atoms with Crippen molar-refractivity contribution in [2.45, 2.75) is 20.3 Å². The lowest BCUT2D eigenvalue weighted by Gasteiger charge is -2.35. The van der Waals surface area contributed by atoms with Gasteiger partial charge >= 0.3 is 5.97 Å². The molecule has 0 aliphatic heterocycles. The number of Topliss-reactive ketones (excluding diaryl/α,β-unsaturated/α-hetero) is 2. The van der Waals surface area contributed by atoms with E-state index in [9.17, 15) is 14.4 Å². The molecule has 0 unspecified atom stereocenters. The largest absolute Gasteiger partial charge is 0.468 e. The Balaban J connectivity index is 3.21. The lowest BCUT2D eigenvalue weighted by Crippen LogP contribution is -2.46. The highest BCUT2D eigenvalue weighted by Crippen LogP contribution is 2.39. The van der Waals surface area contributed by atoms with Crippen LogP contribution < -0.4 is 0 Å². The normalized spacial score (nSPS) is 25.2. The van der Waals surface area contributed by atoms with Crippen LogP contribution in [0.15, 0.2) is 11.8 Å². The molecule has 1 aliphatic rings. The van der Waals surface area contributed by atoms with Crippen molar-refractivity contribution in [2.24, 2.45) is 11.3 Å². The standard InChI is InChI=1S/C13H19NO4/c1-13(2)6-9(15)8(7-14(3)4)11(16)10(13)12(17)18-5/h7,10H,6H2,1-5H3/b8-7+/t10-/m0/s1. The van der Waals surface area contributed by atoms with Crippen LogP contribution in [0.4, 0.5) is 0 Å². The van der Waals surface area contributed by atoms with Crippen LogP contribution in [0.3, 0.4) is 0 Å². The van der Waals surface area contributed by atoms with Crippen LogP contribution in [0.1, 0.15) is 20.3 Å². The number of hydrogen-bond acceptors (Lipinski definition) is 5. The number of carbonyl (C=O) groups excluding carboxylic acids is 3. The van der Waals surface area contributed by atoms with Gasteiger partial charge in [0.2, 0.25) is 0 Å². The quantitative estimate of drug-likeness (QED) is 0.315. The van der Waals surface area contributed by atoms with Gasteiger partial charge < -0.3 is 9.64 Å². The first-order valence-corrected chi connectivity index (χ1v) is 5.74. The van der Waals surface area contributed by atoms with Gasteiger partial charge in [-0.3, -0.25) is 14.4 Å². The molecule has 1 rings (SSSR count). The van der Waals surface area contributed by atoms with Crippen molar-refractivity contribution in [3.63, 3.8) is 0 Å². The van der Waals surface area contributed by atoms with Crippen LogP contribution in [0.25, 0.3) is 0 Å². The molecule has 0 saturated heterocycles. The van der Waals surface area contributed by atoms with Gasteiger partial charge in [-0.15, -0.1) is 0 Å². The van der Waals surface area contributed by atoms with Gasteiger partial charge in [0.1, 0.15) is 5.92 Å². The van der Waals surface area contributed by atoms with Crippen molar-refractivity contribution in [1.29, 1.82) is 0 Å². The van der Waals surface area contributed by atoms with Crippen molar-refractivity contribution in [3.8, 4) is 0 Å². The zero-order valence-electron chi connectivity index (χ0n) is 11.4. The minimum Gasteiger partial charge on any atom is -0.468 e. The summed E-state index contributed by atoms with van der Waals surface area (Å²) < 4.78 is 4.67. The van der Waals surface area contributed by atoms with Crippen LogP contribution in [-0.2, 0) is 19.1 Å². The second-order valence-corrected chi connectivity index (χ2v) is 5.42. The number of ketones is 2. The molecular formula is C13H19NO4. The number of rotatable bonds is 2. The van der Waals surface area contributed by atoms with E-state index in [1.807, 2.05) is 0 Å². The molecule has 0 radical (unpaired) electrons. The number of methoxy groups -OCH3 is 1. The van der Waals surface area contributed by atoms with E-state index in [0.29, 0.717) is 0 Å². The zero-order valence-corrected chi connectivity index (χ0v) is 11.4. The molecule has 1 atom stereocenters. The third-order valence-electron chi connectivity index (χ3n) is 3.05. The van der Waals surface area contributed by atoms with Crippen molar-refractivity contribution in [3.05, 3.63) is 11.8 Å². The Morgan fingerprint density at radius 3 is 2.39 bits per heavy atom. The van der Waals surface area contributed by atoms with Gasteiger partial charge in [-0.05, 0) is 5.41 Å². The average Bonchev–Trinajstić information content (AvgIpc) is 2.22. The lowest BCUT2D eigenvalue weighted by atomic mass is 9.66. The van der Waals surface area contributed by atoms with E-state index in [0.717, 1.165) is 0 Å². The molecule has 18 heavy (non-hydrogen) atoms. The highest BCUT2D eigenvalue weighted by atomic mass is 16.5. The van der Waals surface area contributed by atoms with Crippen molar-refractivity contribution >= 4 is 17.5 Å². The van der Waals surface area contributed by atoms with Crippen molar-refractivity contribution in [1.82, 2.24) is 4.90 Å². The summed E-state index contributed by atoms with van der Waals surface area (Å²) >= 11 is 0. The molecule has 0 aromatic heterocycles. The van der Waals surface area contributed by atoms with E-state index in [1.165, 1.54) is 13.3 Å². The first kappa shape index (κ1) is 14.4. The molecule has 1 aliphatic carbocycles. The topological polar surface area (TPSA) is 63.7 Å². The Kier molecular flexibility index (Phi) is 3.94. The fourth-order valence-electron chi connectivity index (χ4n) is 2.20. The van der Waals surface area contributed by atoms with Crippen LogP contribution in [-0.4, -0.2) is 43.6 Å². The molecule has 5 heteroatoms. The summed E-state index contributed by atoms with van der Waals surface area (Å²) in [5, 5.41) is 0. The summed E-state index contributed by atoms with van der Waals surface area (Å²) in [6.45, 7) is 3.47. The predicted molar refractivity (Wildman–Crippen MR) is 65.7 cm³/mol. The zero-order chi connectivity index (χ0) is 14.1. The van der Waals surface area contributed by atoms with Gasteiger partial charge in [-0.2, -0.15) is 0 Å². The number of allylic oxidation sites excluding steroid dienone is 1. The second kappa shape index (κ2) is 4.92. The maximum absolute atomic E-state index is 12.3. The van der Waals surface area contributed by atoms with Crippen molar-refractivity contribution in [2.75, 3.05) is 21.2 Å². The summed E-state index contributed by atoms with van der Waals surface area (Å²) in [4.78, 5) is 37.6. The maximum Gasteiger partial charge on any atom is 0.317 e.